The summed E-state index contributed by atoms with van der Waals surface area (Å²) in [5.74, 6) is -0.940. The van der Waals surface area contributed by atoms with Crippen LogP contribution in [0.25, 0.3) is 11.0 Å². The second-order valence-electron chi connectivity index (χ2n) is 10.6. The van der Waals surface area contributed by atoms with Crippen LogP contribution < -0.4 is 10.6 Å². The van der Waals surface area contributed by atoms with Gasteiger partial charge in [-0.1, -0.05) is 0 Å². The molecule has 3 fully saturated rings. The maximum atomic E-state index is 13.0. The lowest BCUT2D eigenvalue weighted by molar-refractivity contribution is -0.136. The van der Waals surface area contributed by atoms with Crippen molar-refractivity contribution >= 4 is 40.3 Å². The number of nitrogens with zero attached hydrogens (tertiary/aromatic N) is 4. The van der Waals surface area contributed by atoms with Gasteiger partial charge in [-0.15, -0.1) is 0 Å². The monoisotopic (exact) mass is 498 g/mol. The molecule has 2 saturated carbocycles. The third-order valence-corrected chi connectivity index (χ3v) is 8.05. The van der Waals surface area contributed by atoms with Crippen molar-refractivity contribution in [2.45, 2.75) is 56.5 Å². The van der Waals surface area contributed by atoms with Crippen LogP contribution in [0.15, 0.2) is 36.5 Å². The van der Waals surface area contributed by atoms with Crippen LogP contribution in [0.2, 0.25) is 0 Å². The van der Waals surface area contributed by atoms with Crippen LogP contribution in [-0.2, 0) is 9.59 Å². The van der Waals surface area contributed by atoms with Gasteiger partial charge in [-0.3, -0.25) is 29.4 Å². The normalized spacial score (nSPS) is 25.3. The molecule has 2 N–H and O–H groups in total. The molecule has 37 heavy (non-hydrogen) atoms. The van der Waals surface area contributed by atoms with E-state index in [1.807, 2.05) is 12.3 Å². The molecule has 10 heteroatoms. The predicted molar refractivity (Wildman–Crippen MR) is 133 cm³/mol. The van der Waals surface area contributed by atoms with Crippen molar-refractivity contribution in [2.75, 3.05) is 11.9 Å². The first-order valence-corrected chi connectivity index (χ1v) is 12.9. The number of rotatable bonds is 6. The minimum absolute atomic E-state index is 0.102. The highest BCUT2D eigenvalue weighted by Crippen LogP contribution is 2.45. The first-order chi connectivity index (χ1) is 18.0. The Morgan fingerprint density at radius 2 is 1.81 bits per heavy atom. The number of nitrogens with one attached hydrogen (secondary N) is 2. The average molecular weight is 499 g/mol. The van der Waals surface area contributed by atoms with E-state index < -0.39 is 23.8 Å². The van der Waals surface area contributed by atoms with E-state index in [4.69, 9.17) is 5.10 Å². The summed E-state index contributed by atoms with van der Waals surface area (Å²) in [5.41, 5.74) is 3.49. The van der Waals surface area contributed by atoms with E-state index in [9.17, 15) is 19.2 Å². The highest BCUT2D eigenvalue weighted by Gasteiger charge is 2.44. The zero-order valence-electron chi connectivity index (χ0n) is 20.1. The van der Waals surface area contributed by atoms with Gasteiger partial charge in [0, 0.05) is 36.2 Å². The SMILES string of the molecule is O=C1CCC(N2C(=O)c3ccc(NCC4CC(n5nc(C6CC6)c6cccnc65)C4)cc3C2=O)C(=O)N1. The standard InChI is InChI=1S/C27H26N6O4/c34-22-8-7-21(25(35)30-22)32-26(36)18-6-5-16(12-20(18)27(32)37)29-13-14-10-17(11-14)33-24-19(2-1-9-28-24)23(31-33)15-3-4-15/h1-2,5-6,9,12,14-15,17,21,29H,3-4,7-8,10-11,13H2,(H,30,34,35). The first-order valence-electron chi connectivity index (χ1n) is 12.9. The Morgan fingerprint density at radius 1 is 1.00 bits per heavy atom. The molecule has 1 aromatic carbocycles. The van der Waals surface area contributed by atoms with Crippen molar-refractivity contribution in [3.63, 3.8) is 0 Å². The maximum Gasteiger partial charge on any atom is 0.262 e. The van der Waals surface area contributed by atoms with E-state index in [-0.39, 0.29) is 29.9 Å². The predicted octanol–water partition coefficient (Wildman–Crippen LogP) is 2.77. The van der Waals surface area contributed by atoms with E-state index in [2.05, 4.69) is 26.4 Å². The molecule has 2 aliphatic carbocycles. The molecule has 188 valence electrons. The van der Waals surface area contributed by atoms with Gasteiger partial charge >= 0.3 is 0 Å². The summed E-state index contributed by atoms with van der Waals surface area (Å²) in [4.78, 5) is 55.3. The molecule has 1 atom stereocenters. The number of imide groups is 2. The summed E-state index contributed by atoms with van der Waals surface area (Å²) in [5, 5.41) is 11.8. The Kier molecular flexibility index (Phi) is 4.92. The van der Waals surface area contributed by atoms with Gasteiger partial charge in [0.15, 0.2) is 5.65 Å². The van der Waals surface area contributed by atoms with Crippen LogP contribution in [0.3, 0.4) is 0 Å². The zero-order valence-corrected chi connectivity index (χ0v) is 20.1. The van der Waals surface area contributed by atoms with Gasteiger partial charge in [-0.05, 0) is 68.4 Å². The fourth-order valence-corrected chi connectivity index (χ4v) is 5.82. The van der Waals surface area contributed by atoms with E-state index in [0.29, 0.717) is 17.9 Å². The van der Waals surface area contributed by atoms with E-state index >= 15 is 0 Å². The van der Waals surface area contributed by atoms with Gasteiger partial charge < -0.3 is 5.32 Å². The molecule has 2 aromatic heterocycles. The second kappa shape index (κ2) is 8.22. The molecule has 0 radical (unpaired) electrons. The van der Waals surface area contributed by atoms with Gasteiger partial charge in [0.25, 0.3) is 11.8 Å². The number of aromatic nitrogens is 3. The number of anilines is 1. The number of carbonyl (C=O) groups excluding carboxylic acids is 4. The molecule has 0 spiro atoms. The summed E-state index contributed by atoms with van der Waals surface area (Å²) in [7, 11) is 0. The van der Waals surface area contributed by atoms with Crippen molar-refractivity contribution < 1.29 is 19.2 Å². The first kappa shape index (κ1) is 22.1. The number of fused-ring (bicyclic) bond motifs is 2. The molecule has 1 saturated heterocycles. The number of amides is 4. The van der Waals surface area contributed by atoms with Crippen LogP contribution in [0.5, 0.6) is 0 Å². The molecule has 4 heterocycles. The van der Waals surface area contributed by atoms with Crippen molar-refractivity contribution in [1.29, 1.82) is 0 Å². The van der Waals surface area contributed by atoms with Gasteiger partial charge in [0.1, 0.15) is 6.04 Å². The molecule has 7 rings (SSSR count). The van der Waals surface area contributed by atoms with Crippen LogP contribution in [0.1, 0.15) is 76.9 Å². The lowest BCUT2D eigenvalue weighted by Crippen LogP contribution is -2.54. The summed E-state index contributed by atoms with van der Waals surface area (Å²) < 4.78 is 2.11. The number of hydrogen-bond acceptors (Lipinski definition) is 7. The lowest BCUT2D eigenvalue weighted by Gasteiger charge is -2.35. The van der Waals surface area contributed by atoms with Crippen LogP contribution in [0.4, 0.5) is 5.69 Å². The van der Waals surface area contributed by atoms with Gasteiger partial charge in [-0.2, -0.15) is 5.10 Å². The molecule has 0 bridgehead atoms. The van der Waals surface area contributed by atoms with Gasteiger partial charge in [0.05, 0.1) is 22.9 Å². The van der Waals surface area contributed by atoms with Crippen molar-refractivity contribution in [3.05, 3.63) is 53.3 Å². The fourth-order valence-electron chi connectivity index (χ4n) is 5.82. The maximum absolute atomic E-state index is 13.0. The number of hydrogen-bond donors (Lipinski definition) is 2. The molecule has 1 unspecified atom stereocenters. The van der Waals surface area contributed by atoms with Crippen LogP contribution in [0, 0.1) is 5.92 Å². The number of carbonyl (C=O) groups is 4. The molecule has 3 aromatic rings. The van der Waals surface area contributed by atoms with Crippen LogP contribution >= 0.6 is 0 Å². The summed E-state index contributed by atoms with van der Waals surface area (Å²) >= 11 is 0. The Hall–Kier alpha value is -4.08. The van der Waals surface area contributed by atoms with E-state index in [1.165, 1.54) is 23.9 Å². The fraction of sp³-hybridized carbons (Fsp3) is 0.407. The average Bonchev–Trinajstić information content (AvgIpc) is 3.60. The molecule has 4 aliphatic rings. The molecule has 2 aliphatic heterocycles. The lowest BCUT2D eigenvalue weighted by atomic mass is 9.80. The third kappa shape index (κ3) is 3.61. The van der Waals surface area contributed by atoms with Crippen molar-refractivity contribution in [3.8, 4) is 0 Å². The Morgan fingerprint density at radius 3 is 2.59 bits per heavy atom. The molecular weight excluding hydrogens is 472 g/mol. The number of benzene rings is 1. The largest absolute Gasteiger partial charge is 0.385 e. The number of pyridine rings is 1. The highest BCUT2D eigenvalue weighted by molar-refractivity contribution is 6.23. The Bertz CT molecular complexity index is 1490. The third-order valence-electron chi connectivity index (χ3n) is 8.05. The van der Waals surface area contributed by atoms with E-state index in [1.54, 1.807) is 18.2 Å². The minimum atomic E-state index is -0.957. The van der Waals surface area contributed by atoms with Crippen molar-refractivity contribution in [2.24, 2.45) is 5.92 Å². The molecular formula is C27H26N6O4. The van der Waals surface area contributed by atoms with E-state index in [0.717, 1.165) is 35.6 Å². The van der Waals surface area contributed by atoms with Gasteiger partial charge in [-0.25, -0.2) is 9.67 Å². The minimum Gasteiger partial charge on any atom is -0.385 e. The highest BCUT2D eigenvalue weighted by atomic mass is 16.2. The Balaban J connectivity index is 1.01. The topological polar surface area (TPSA) is 126 Å². The smallest absolute Gasteiger partial charge is 0.262 e. The second-order valence-corrected chi connectivity index (χ2v) is 10.6. The molecule has 10 nitrogen and oxygen atoms in total. The van der Waals surface area contributed by atoms with Crippen LogP contribution in [-0.4, -0.2) is 55.9 Å². The zero-order chi connectivity index (χ0) is 25.3. The van der Waals surface area contributed by atoms with Crippen molar-refractivity contribution in [1.82, 2.24) is 25.0 Å². The summed E-state index contributed by atoms with van der Waals surface area (Å²) in [6, 6.07) is 8.59. The van der Waals surface area contributed by atoms with Gasteiger partial charge in [0.2, 0.25) is 11.8 Å². The Labute approximate surface area is 212 Å². The number of piperidine rings is 1. The summed E-state index contributed by atoms with van der Waals surface area (Å²) in [6.45, 7) is 0.746. The summed E-state index contributed by atoms with van der Waals surface area (Å²) in [6.07, 6.45) is 6.48. The molecule has 4 amide bonds. The quantitative estimate of drug-likeness (QED) is 0.501.